The van der Waals surface area contributed by atoms with Crippen molar-refractivity contribution in [1.29, 1.82) is 0 Å². The van der Waals surface area contributed by atoms with E-state index in [-0.39, 0.29) is 12.2 Å². The molecule has 0 aliphatic rings. The lowest BCUT2D eigenvalue weighted by Crippen LogP contribution is -2.22. The predicted octanol–water partition coefficient (Wildman–Crippen LogP) is 6.61. The number of aliphatic hydroxyl groups is 3. The Morgan fingerprint density at radius 1 is 0.559 bits per heavy atom. The molecule has 206 valence electrons. The molecule has 0 saturated carbocycles. The third kappa shape index (κ3) is 26.4. The van der Waals surface area contributed by atoms with E-state index in [9.17, 15) is 13.5 Å². The average Bonchev–Trinajstić information content (AvgIpc) is 2.80. The third-order valence-corrected chi connectivity index (χ3v) is 7.72. The molecule has 0 fully saturated rings. The third-order valence-electron chi connectivity index (χ3n) is 6.49. The summed E-state index contributed by atoms with van der Waals surface area (Å²) in [7, 11) is -3.82. The van der Waals surface area contributed by atoms with Gasteiger partial charge in [-0.25, -0.2) is 0 Å². The molecule has 0 radical (unpaired) electrons. The van der Waals surface area contributed by atoms with Gasteiger partial charge in [-0.1, -0.05) is 135 Å². The van der Waals surface area contributed by atoms with Gasteiger partial charge in [-0.3, -0.25) is 4.18 Å². The van der Waals surface area contributed by atoms with E-state index in [1.165, 1.54) is 116 Å². The minimum Gasteiger partial charge on any atom is -0.393 e. The van der Waals surface area contributed by atoms with Crippen molar-refractivity contribution in [1.82, 2.24) is 0 Å². The van der Waals surface area contributed by atoms with Crippen LogP contribution in [0.25, 0.3) is 0 Å². The zero-order valence-electron chi connectivity index (χ0n) is 22.1. The molecule has 0 rings (SSSR count). The summed E-state index contributed by atoms with van der Waals surface area (Å²) < 4.78 is 27.5. The van der Waals surface area contributed by atoms with Gasteiger partial charge < -0.3 is 15.3 Å². The van der Waals surface area contributed by atoms with Crippen LogP contribution in [-0.2, 0) is 14.3 Å². The molecule has 0 aromatic rings. The molecule has 0 aliphatic carbocycles. The highest BCUT2D eigenvalue weighted by Crippen LogP contribution is 2.15. The number of rotatable bonds is 27. The molecule has 0 bridgehead atoms. The number of aliphatic hydroxyl groups excluding tert-OH is 2. The Morgan fingerprint density at radius 3 is 1.26 bits per heavy atom. The van der Waals surface area contributed by atoms with Crippen molar-refractivity contribution in [3.8, 4) is 0 Å². The van der Waals surface area contributed by atoms with Crippen LogP contribution >= 0.6 is 0 Å². The second-order valence-electron chi connectivity index (χ2n) is 9.98. The lowest BCUT2D eigenvalue weighted by molar-refractivity contribution is -0.0669. The fraction of sp³-hybridized carbons (Fsp3) is 1.00. The van der Waals surface area contributed by atoms with Crippen molar-refractivity contribution < 1.29 is 27.9 Å². The lowest BCUT2D eigenvalue weighted by atomic mass is 10.0. The molecule has 0 heterocycles. The van der Waals surface area contributed by atoms with E-state index in [4.69, 9.17) is 10.2 Å². The van der Waals surface area contributed by atoms with Gasteiger partial charge in [-0.05, 0) is 12.8 Å². The number of hydrogen-bond donors (Lipinski definition) is 3. The summed E-state index contributed by atoms with van der Waals surface area (Å²) in [6.45, 7) is 1.61. The minimum atomic E-state index is -3.82. The molecule has 7 heteroatoms. The Balaban J connectivity index is 3.28. The summed E-state index contributed by atoms with van der Waals surface area (Å²) in [4.78, 5) is 0. The second-order valence-corrected chi connectivity index (χ2v) is 11.7. The first-order chi connectivity index (χ1) is 16.4. The summed E-state index contributed by atoms with van der Waals surface area (Å²) in [5.41, 5.74) is 0. The number of hydrogen-bond acceptors (Lipinski definition) is 6. The second kappa shape index (κ2) is 24.5. The van der Waals surface area contributed by atoms with Gasteiger partial charge in [0.1, 0.15) is 6.61 Å². The first kappa shape index (κ1) is 33.8. The van der Waals surface area contributed by atoms with Crippen molar-refractivity contribution in [3.63, 3.8) is 0 Å². The van der Waals surface area contributed by atoms with E-state index in [2.05, 4.69) is 11.1 Å². The maximum absolute atomic E-state index is 11.5. The maximum Gasteiger partial charge on any atom is 0.267 e. The Bertz CT molecular complexity index is 509. The minimum absolute atomic E-state index is 0.114. The van der Waals surface area contributed by atoms with Crippen LogP contribution in [0.5, 0.6) is 0 Å². The van der Waals surface area contributed by atoms with Gasteiger partial charge >= 0.3 is 0 Å². The topological polar surface area (TPSA) is 104 Å². The number of unbranched alkanes of at least 4 members (excludes halogenated alkanes) is 19. The zero-order chi connectivity index (χ0) is 25.3. The van der Waals surface area contributed by atoms with Gasteiger partial charge in [-0.2, -0.15) is 8.42 Å². The molecule has 0 saturated heterocycles. The molecular weight excluding hydrogens is 452 g/mol. The van der Waals surface area contributed by atoms with Gasteiger partial charge in [0.15, 0.2) is 6.29 Å². The van der Waals surface area contributed by atoms with E-state index in [1.54, 1.807) is 0 Å². The largest absolute Gasteiger partial charge is 0.393 e. The van der Waals surface area contributed by atoms with Crippen LogP contribution in [0.2, 0.25) is 0 Å². The molecular formula is C27H56O6S. The van der Waals surface area contributed by atoms with Crippen molar-refractivity contribution in [2.45, 2.75) is 161 Å². The smallest absolute Gasteiger partial charge is 0.267 e. The summed E-state index contributed by atoms with van der Waals surface area (Å²) in [6, 6.07) is 0. The van der Waals surface area contributed by atoms with Crippen LogP contribution < -0.4 is 0 Å². The molecule has 3 N–H and O–H groups in total. The van der Waals surface area contributed by atoms with Crippen LogP contribution in [-0.4, -0.2) is 48.5 Å². The van der Waals surface area contributed by atoms with Crippen molar-refractivity contribution >= 4 is 10.1 Å². The van der Waals surface area contributed by atoms with Gasteiger partial charge in [0.05, 0.1) is 11.9 Å². The highest BCUT2D eigenvalue weighted by atomic mass is 32.2. The van der Waals surface area contributed by atoms with Gasteiger partial charge in [0.25, 0.3) is 10.1 Å². The Kier molecular flexibility index (Phi) is 24.3. The van der Waals surface area contributed by atoms with E-state index in [1.807, 2.05) is 0 Å². The standard InChI is InChI=1S/C27H56O6S/c1-2-3-4-5-6-7-8-9-10-11-12-13-14-15-16-17-18-19-20-21-22-26(28)23-24-34(31,32)33-25-27(29)30/h26-30H,2-25H2,1H3. The maximum atomic E-state index is 11.5. The SMILES string of the molecule is CCCCCCCCCCCCCCCCCCCCCCC(O)CCS(=O)(=O)OCC(O)O. The van der Waals surface area contributed by atoms with E-state index in [0.29, 0.717) is 6.42 Å². The van der Waals surface area contributed by atoms with Gasteiger partial charge in [0, 0.05) is 0 Å². The normalized spacial score (nSPS) is 13.1. The molecule has 0 aromatic heterocycles. The molecule has 0 aliphatic heterocycles. The van der Waals surface area contributed by atoms with Crippen LogP contribution in [0.4, 0.5) is 0 Å². The molecule has 34 heavy (non-hydrogen) atoms. The molecule has 0 spiro atoms. The summed E-state index contributed by atoms with van der Waals surface area (Å²) in [5, 5.41) is 27.2. The Hall–Kier alpha value is -0.210. The Labute approximate surface area is 211 Å². The van der Waals surface area contributed by atoms with Gasteiger partial charge in [-0.15, -0.1) is 0 Å². The molecule has 0 amide bonds. The molecule has 1 atom stereocenters. The van der Waals surface area contributed by atoms with Crippen LogP contribution in [0.15, 0.2) is 0 Å². The van der Waals surface area contributed by atoms with E-state index >= 15 is 0 Å². The summed E-state index contributed by atoms with van der Waals surface area (Å²) in [5.74, 6) is -0.305. The van der Waals surface area contributed by atoms with Crippen LogP contribution in [0.3, 0.4) is 0 Å². The van der Waals surface area contributed by atoms with Crippen LogP contribution in [0.1, 0.15) is 148 Å². The summed E-state index contributed by atoms with van der Waals surface area (Å²) >= 11 is 0. The first-order valence-corrected chi connectivity index (χ1v) is 15.9. The monoisotopic (exact) mass is 508 g/mol. The first-order valence-electron chi connectivity index (χ1n) is 14.3. The fourth-order valence-electron chi connectivity index (χ4n) is 4.28. The van der Waals surface area contributed by atoms with E-state index in [0.717, 1.165) is 12.8 Å². The van der Waals surface area contributed by atoms with Crippen molar-refractivity contribution in [2.75, 3.05) is 12.4 Å². The highest BCUT2D eigenvalue weighted by Gasteiger charge is 2.16. The highest BCUT2D eigenvalue weighted by molar-refractivity contribution is 7.86. The molecule has 6 nitrogen and oxygen atoms in total. The zero-order valence-corrected chi connectivity index (χ0v) is 22.9. The predicted molar refractivity (Wildman–Crippen MR) is 141 cm³/mol. The van der Waals surface area contributed by atoms with Crippen molar-refractivity contribution in [2.24, 2.45) is 0 Å². The lowest BCUT2D eigenvalue weighted by Gasteiger charge is -2.11. The quantitative estimate of drug-likeness (QED) is 0.0655. The van der Waals surface area contributed by atoms with Gasteiger partial charge in [0.2, 0.25) is 0 Å². The Morgan fingerprint density at radius 2 is 0.912 bits per heavy atom. The van der Waals surface area contributed by atoms with Crippen molar-refractivity contribution in [3.05, 3.63) is 0 Å². The molecule has 0 aromatic carbocycles. The van der Waals surface area contributed by atoms with E-state index < -0.39 is 29.1 Å². The summed E-state index contributed by atoms with van der Waals surface area (Å²) in [6.07, 6.45) is 24.9. The average molecular weight is 509 g/mol. The van der Waals surface area contributed by atoms with Crippen LogP contribution in [0, 0.1) is 0 Å². The molecule has 1 unspecified atom stereocenters. The fourth-order valence-corrected chi connectivity index (χ4v) is 5.29.